The van der Waals surface area contributed by atoms with E-state index in [9.17, 15) is 15.2 Å². The number of anilines is 2. The van der Waals surface area contributed by atoms with E-state index in [0.29, 0.717) is 18.9 Å². The van der Waals surface area contributed by atoms with Gasteiger partial charge in [0.05, 0.1) is 23.7 Å². The summed E-state index contributed by atoms with van der Waals surface area (Å²) in [5, 5.41) is 20.3. The van der Waals surface area contributed by atoms with Gasteiger partial charge in [-0.2, -0.15) is 0 Å². The third-order valence-electron chi connectivity index (χ3n) is 3.03. The van der Waals surface area contributed by atoms with Crippen LogP contribution in [0.5, 0.6) is 0 Å². The van der Waals surface area contributed by atoms with Gasteiger partial charge in [-0.15, -0.1) is 0 Å². The molecule has 1 aromatic heterocycles. The van der Waals surface area contributed by atoms with Crippen molar-refractivity contribution < 1.29 is 14.8 Å². The Balaban J connectivity index is 2.36. The molecule has 1 aliphatic rings. The highest BCUT2D eigenvalue weighted by molar-refractivity contribution is 5.62. The molecule has 0 amide bonds. The minimum absolute atomic E-state index is 0.102. The van der Waals surface area contributed by atoms with E-state index < -0.39 is 11.0 Å². The lowest BCUT2D eigenvalue weighted by atomic mass is 10.2. The summed E-state index contributed by atoms with van der Waals surface area (Å²) >= 11 is 0. The Kier molecular flexibility index (Phi) is 4.32. The summed E-state index contributed by atoms with van der Waals surface area (Å²) in [7, 11) is 0. The Bertz CT molecular complexity index is 498. The number of nitrogens with two attached hydrogens (primary N) is 1. The van der Waals surface area contributed by atoms with E-state index in [-0.39, 0.29) is 24.2 Å². The number of ether oxygens (including phenoxy) is 1. The Labute approximate surface area is 115 Å². The predicted octanol–water partition coefficient (Wildman–Crippen LogP) is -0.139. The summed E-state index contributed by atoms with van der Waals surface area (Å²) in [6.07, 6.45) is -0.550. The normalized spacial score (nSPS) is 22.6. The molecular weight excluding hydrogens is 266 g/mol. The number of morpholine rings is 1. The average molecular weight is 283 g/mol. The number of aliphatic hydroxyl groups is 1. The third kappa shape index (κ3) is 2.95. The molecule has 1 fully saturated rings. The van der Waals surface area contributed by atoms with E-state index in [1.54, 1.807) is 4.90 Å². The van der Waals surface area contributed by atoms with Crippen LogP contribution in [0.25, 0.3) is 0 Å². The lowest BCUT2D eigenvalue weighted by Gasteiger charge is -2.36. The molecule has 1 aromatic rings. The van der Waals surface area contributed by atoms with E-state index in [4.69, 9.17) is 10.6 Å². The van der Waals surface area contributed by atoms with Gasteiger partial charge in [0, 0.05) is 19.2 Å². The maximum atomic E-state index is 11.1. The van der Waals surface area contributed by atoms with Crippen LogP contribution in [0.3, 0.4) is 0 Å². The Morgan fingerprint density at radius 2 is 2.40 bits per heavy atom. The molecule has 0 saturated carbocycles. The van der Waals surface area contributed by atoms with Gasteiger partial charge in [0.25, 0.3) is 0 Å². The summed E-state index contributed by atoms with van der Waals surface area (Å²) < 4.78 is 5.51. The Hall–Kier alpha value is -1.97. The Morgan fingerprint density at radius 3 is 3.00 bits per heavy atom. The van der Waals surface area contributed by atoms with Gasteiger partial charge in [-0.05, 0) is 13.0 Å². The van der Waals surface area contributed by atoms with Crippen LogP contribution in [0.1, 0.15) is 6.92 Å². The molecule has 9 heteroatoms. The largest absolute Gasteiger partial charge is 0.394 e. The van der Waals surface area contributed by atoms with Gasteiger partial charge in [-0.3, -0.25) is 10.1 Å². The number of aromatic nitrogens is 1. The standard InChI is InChI=1S/C11H17N5O4/c1-7-4-15(5-8(6-17)20-7)11-9(16(18)19)2-3-10(13-11)14-12/h2-3,7-8,17H,4-6,12H2,1H3,(H,13,14). The third-order valence-corrected chi connectivity index (χ3v) is 3.03. The fraction of sp³-hybridized carbons (Fsp3) is 0.545. The number of hydrogen-bond acceptors (Lipinski definition) is 8. The van der Waals surface area contributed by atoms with Crippen LogP contribution in [0.15, 0.2) is 12.1 Å². The lowest BCUT2D eigenvalue weighted by Crippen LogP contribution is -2.48. The molecule has 1 saturated heterocycles. The zero-order valence-corrected chi connectivity index (χ0v) is 11.0. The molecule has 9 nitrogen and oxygen atoms in total. The molecule has 0 spiro atoms. The first-order valence-corrected chi connectivity index (χ1v) is 6.18. The van der Waals surface area contributed by atoms with Gasteiger partial charge in [0.2, 0.25) is 5.82 Å². The van der Waals surface area contributed by atoms with Crippen LogP contribution < -0.4 is 16.2 Å². The fourth-order valence-corrected chi connectivity index (χ4v) is 2.22. The molecule has 2 rings (SSSR count). The molecule has 0 bridgehead atoms. The highest BCUT2D eigenvalue weighted by Gasteiger charge is 2.30. The zero-order valence-electron chi connectivity index (χ0n) is 11.0. The summed E-state index contributed by atoms with van der Waals surface area (Å²) in [5.41, 5.74) is 2.27. The van der Waals surface area contributed by atoms with E-state index in [2.05, 4.69) is 10.4 Å². The minimum atomic E-state index is -0.489. The number of nitrogens with zero attached hydrogens (tertiary/aromatic N) is 3. The van der Waals surface area contributed by atoms with Gasteiger partial charge < -0.3 is 20.2 Å². The van der Waals surface area contributed by atoms with Crippen molar-refractivity contribution in [2.45, 2.75) is 19.1 Å². The molecule has 0 aromatic carbocycles. The predicted molar refractivity (Wildman–Crippen MR) is 72.3 cm³/mol. The van der Waals surface area contributed by atoms with Crippen molar-refractivity contribution in [3.63, 3.8) is 0 Å². The van der Waals surface area contributed by atoms with Gasteiger partial charge >= 0.3 is 5.69 Å². The number of nitro groups is 1. The molecule has 0 aliphatic carbocycles. The summed E-state index contributed by atoms with van der Waals surface area (Å²) in [5.74, 6) is 5.85. The SMILES string of the molecule is CC1CN(c2nc(NN)ccc2[N+](=O)[O-])CC(CO)O1. The maximum Gasteiger partial charge on any atom is 0.311 e. The first kappa shape index (κ1) is 14.4. The van der Waals surface area contributed by atoms with Crippen molar-refractivity contribution in [3.8, 4) is 0 Å². The quantitative estimate of drug-likeness (QED) is 0.396. The molecule has 2 atom stereocenters. The molecule has 2 unspecified atom stereocenters. The summed E-state index contributed by atoms with van der Waals surface area (Å²) in [4.78, 5) is 16.5. The molecule has 4 N–H and O–H groups in total. The van der Waals surface area contributed by atoms with E-state index in [1.165, 1.54) is 12.1 Å². The fourth-order valence-electron chi connectivity index (χ4n) is 2.22. The molecule has 20 heavy (non-hydrogen) atoms. The second kappa shape index (κ2) is 5.99. The summed E-state index contributed by atoms with van der Waals surface area (Å²) in [6, 6.07) is 2.79. The topological polar surface area (TPSA) is 127 Å². The van der Waals surface area contributed by atoms with Crippen LogP contribution in [0, 0.1) is 10.1 Å². The van der Waals surface area contributed by atoms with E-state index in [0.717, 1.165) is 0 Å². The van der Waals surface area contributed by atoms with Crippen LogP contribution in [0.4, 0.5) is 17.3 Å². The van der Waals surface area contributed by atoms with Crippen molar-refractivity contribution in [1.29, 1.82) is 0 Å². The van der Waals surface area contributed by atoms with Crippen molar-refractivity contribution in [3.05, 3.63) is 22.2 Å². The lowest BCUT2D eigenvalue weighted by molar-refractivity contribution is -0.384. The number of pyridine rings is 1. The first-order chi connectivity index (χ1) is 9.55. The smallest absolute Gasteiger partial charge is 0.311 e. The van der Waals surface area contributed by atoms with Crippen molar-refractivity contribution in [2.24, 2.45) is 5.84 Å². The monoisotopic (exact) mass is 283 g/mol. The number of aliphatic hydroxyl groups excluding tert-OH is 1. The van der Waals surface area contributed by atoms with Gasteiger partial charge in [-0.1, -0.05) is 0 Å². The second-order valence-corrected chi connectivity index (χ2v) is 4.60. The molecule has 2 heterocycles. The van der Waals surface area contributed by atoms with Crippen LogP contribution in [-0.2, 0) is 4.74 Å². The zero-order chi connectivity index (χ0) is 14.7. The van der Waals surface area contributed by atoms with E-state index >= 15 is 0 Å². The van der Waals surface area contributed by atoms with Gasteiger partial charge in [-0.25, -0.2) is 10.8 Å². The molecule has 110 valence electrons. The average Bonchev–Trinajstić information content (AvgIpc) is 2.45. The summed E-state index contributed by atoms with van der Waals surface area (Å²) in [6.45, 7) is 2.48. The molecule has 1 aliphatic heterocycles. The van der Waals surface area contributed by atoms with Crippen LogP contribution >= 0.6 is 0 Å². The van der Waals surface area contributed by atoms with Gasteiger partial charge in [0.1, 0.15) is 5.82 Å². The van der Waals surface area contributed by atoms with Crippen LogP contribution in [-0.4, -0.2) is 46.9 Å². The van der Waals surface area contributed by atoms with Crippen molar-refractivity contribution >= 4 is 17.3 Å². The number of hydrazine groups is 1. The van der Waals surface area contributed by atoms with Crippen molar-refractivity contribution in [2.75, 3.05) is 30.0 Å². The number of rotatable bonds is 4. The molecule has 0 radical (unpaired) electrons. The minimum Gasteiger partial charge on any atom is -0.394 e. The van der Waals surface area contributed by atoms with Crippen molar-refractivity contribution in [1.82, 2.24) is 4.98 Å². The highest BCUT2D eigenvalue weighted by Crippen LogP contribution is 2.29. The maximum absolute atomic E-state index is 11.1. The number of nitrogens with one attached hydrogen (secondary N) is 1. The number of nitrogen functional groups attached to an aromatic ring is 1. The van der Waals surface area contributed by atoms with Crippen LogP contribution in [0.2, 0.25) is 0 Å². The van der Waals surface area contributed by atoms with E-state index in [1.807, 2.05) is 6.92 Å². The van der Waals surface area contributed by atoms with Gasteiger partial charge in [0.15, 0.2) is 0 Å². The Morgan fingerprint density at radius 1 is 1.65 bits per heavy atom. The highest BCUT2D eigenvalue weighted by atomic mass is 16.6. The molecular formula is C11H17N5O4. The number of hydrogen-bond donors (Lipinski definition) is 3. The second-order valence-electron chi connectivity index (χ2n) is 4.60. The first-order valence-electron chi connectivity index (χ1n) is 6.18.